The highest BCUT2D eigenvalue weighted by Gasteiger charge is 2.22. The summed E-state index contributed by atoms with van der Waals surface area (Å²) in [6, 6.07) is 14.1. The van der Waals surface area contributed by atoms with Gasteiger partial charge in [-0.2, -0.15) is 0 Å². The zero-order valence-electron chi connectivity index (χ0n) is 12.2. The Labute approximate surface area is 128 Å². The lowest BCUT2D eigenvalue weighted by Crippen LogP contribution is -2.43. The number of carbonyl (C=O) groups excluding carboxylic acids is 1. The number of nitrogens with zero attached hydrogens (tertiary/aromatic N) is 2. The number of aromatic nitrogens is 1. The fourth-order valence-corrected chi connectivity index (χ4v) is 3.02. The van der Waals surface area contributed by atoms with E-state index in [1.165, 1.54) is 16.6 Å². The quantitative estimate of drug-likeness (QED) is 0.790. The van der Waals surface area contributed by atoms with Gasteiger partial charge in [-0.3, -0.25) is 0 Å². The third-order valence-electron chi connectivity index (χ3n) is 4.12. The molecule has 1 aliphatic rings. The topological polar surface area (TPSA) is 50.4 Å². The van der Waals surface area contributed by atoms with Gasteiger partial charge in [-0.05, 0) is 29.7 Å². The van der Waals surface area contributed by atoms with Crippen molar-refractivity contribution < 1.29 is 9.21 Å². The predicted molar refractivity (Wildman–Crippen MR) is 83.3 cm³/mol. The van der Waals surface area contributed by atoms with Crippen LogP contribution in [-0.2, 0) is 19.6 Å². The highest BCUT2D eigenvalue weighted by atomic mass is 16.3. The van der Waals surface area contributed by atoms with Crippen LogP contribution in [0.2, 0.25) is 0 Å². The molecule has 112 valence electrons. The van der Waals surface area contributed by atoms with Crippen LogP contribution in [0.1, 0.15) is 11.5 Å². The maximum Gasteiger partial charge on any atom is 0.318 e. The summed E-state index contributed by atoms with van der Waals surface area (Å²) in [4.78, 5) is 14.1. The van der Waals surface area contributed by atoms with E-state index in [4.69, 9.17) is 4.42 Å². The number of amides is 2. The largest absolute Gasteiger partial charge is 0.467 e. The molecule has 1 aromatic carbocycles. The molecule has 0 spiro atoms. The van der Waals surface area contributed by atoms with Crippen LogP contribution >= 0.6 is 0 Å². The van der Waals surface area contributed by atoms with Gasteiger partial charge in [0.1, 0.15) is 5.76 Å². The van der Waals surface area contributed by atoms with Crippen LogP contribution in [0.5, 0.6) is 0 Å². The van der Waals surface area contributed by atoms with Gasteiger partial charge in [-0.15, -0.1) is 0 Å². The van der Waals surface area contributed by atoms with E-state index in [9.17, 15) is 4.79 Å². The fraction of sp³-hybridized carbons (Fsp3) is 0.235. The Kier molecular flexibility index (Phi) is 3.11. The molecule has 5 heteroatoms. The van der Waals surface area contributed by atoms with Gasteiger partial charge in [0.25, 0.3) is 0 Å². The van der Waals surface area contributed by atoms with Crippen LogP contribution < -0.4 is 5.32 Å². The fourth-order valence-electron chi connectivity index (χ4n) is 3.02. The molecule has 0 radical (unpaired) electrons. The SMILES string of the molecule is O=C(NCc1ccco1)N1CCn2c(cc3ccccc32)C1. The van der Waals surface area contributed by atoms with Crippen molar-refractivity contribution >= 4 is 16.9 Å². The normalized spacial score (nSPS) is 14.1. The van der Waals surface area contributed by atoms with E-state index in [1.54, 1.807) is 6.26 Å². The van der Waals surface area contributed by atoms with Gasteiger partial charge in [0.05, 0.1) is 19.4 Å². The molecule has 0 bridgehead atoms. The number of furan rings is 1. The number of nitrogens with one attached hydrogen (secondary N) is 1. The van der Waals surface area contributed by atoms with Crippen molar-refractivity contribution in [2.24, 2.45) is 0 Å². The second-order valence-electron chi connectivity index (χ2n) is 5.51. The Balaban J connectivity index is 1.48. The van der Waals surface area contributed by atoms with Gasteiger partial charge < -0.3 is 19.2 Å². The Morgan fingerprint density at radius 2 is 2.09 bits per heavy atom. The number of rotatable bonds is 2. The lowest BCUT2D eigenvalue weighted by Gasteiger charge is -2.29. The van der Waals surface area contributed by atoms with Gasteiger partial charge in [0, 0.05) is 24.3 Å². The third-order valence-corrected chi connectivity index (χ3v) is 4.12. The summed E-state index contributed by atoms with van der Waals surface area (Å²) in [6.45, 7) is 2.61. The Hall–Kier alpha value is -2.69. The molecular formula is C17H17N3O2. The molecule has 4 rings (SSSR count). The van der Waals surface area contributed by atoms with E-state index >= 15 is 0 Å². The molecule has 0 unspecified atom stereocenters. The number of benzene rings is 1. The number of carbonyl (C=O) groups is 1. The molecule has 0 saturated heterocycles. The van der Waals surface area contributed by atoms with Crippen molar-refractivity contribution in [1.29, 1.82) is 0 Å². The van der Waals surface area contributed by atoms with E-state index in [0.717, 1.165) is 18.8 Å². The molecule has 2 aromatic heterocycles. The maximum atomic E-state index is 12.3. The van der Waals surface area contributed by atoms with Crippen molar-refractivity contribution in [3.8, 4) is 0 Å². The Morgan fingerprint density at radius 1 is 1.18 bits per heavy atom. The van der Waals surface area contributed by atoms with Crippen molar-refractivity contribution in [3.63, 3.8) is 0 Å². The smallest absolute Gasteiger partial charge is 0.318 e. The summed E-state index contributed by atoms with van der Waals surface area (Å²) >= 11 is 0. The molecule has 0 saturated carbocycles. The summed E-state index contributed by atoms with van der Waals surface area (Å²) in [7, 11) is 0. The van der Waals surface area contributed by atoms with Crippen LogP contribution in [0.3, 0.4) is 0 Å². The predicted octanol–water partition coefficient (Wildman–Crippen LogP) is 2.96. The van der Waals surface area contributed by atoms with Gasteiger partial charge in [0.15, 0.2) is 0 Å². The zero-order chi connectivity index (χ0) is 14.9. The zero-order valence-corrected chi connectivity index (χ0v) is 12.2. The summed E-state index contributed by atoms with van der Waals surface area (Å²) in [5, 5.41) is 4.14. The highest BCUT2D eigenvalue weighted by Crippen LogP contribution is 2.23. The second kappa shape index (κ2) is 5.26. The van der Waals surface area contributed by atoms with Crippen molar-refractivity contribution in [3.05, 3.63) is 60.2 Å². The third kappa shape index (κ3) is 2.24. The number of urea groups is 1. The van der Waals surface area contributed by atoms with Crippen molar-refractivity contribution in [2.75, 3.05) is 6.54 Å². The van der Waals surface area contributed by atoms with Crippen LogP contribution in [0.4, 0.5) is 4.79 Å². The monoisotopic (exact) mass is 295 g/mol. The molecule has 0 atom stereocenters. The minimum Gasteiger partial charge on any atom is -0.467 e. The minimum atomic E-state index is -0.0482. The summed E-state index contributed by atoms with van der Waals surface area (Å²) in [5.41, 5.74) is 2.42. The Bertz CT molecular complexity index is 805. The van der Waals surface area contributed by atoms with Crippen molar-refractivity contribution in [1.82, 2.24) is 14.8 Å². The van der Waals surface area contributed by atoms with Crippen LogP contribution in [0, 0.1) is 0 Å². The van der Waals surface area contributed by atoms with E-state index in [2.05, 4.69) is 34.1 Å². The first-order valence-electron chi connectivity index (χ1n) is 7.43. The molecule has 3 aromatic rings. The van der Waals surface area contributed by atoms with E-state index in [0.29, 0.717) is 13.1 Å². The Morgan fingerprint density at radius 3 is 2.95 bits per heavy atom. The first kappa shape index (κ1) is 13.0. The molecule has 1 N–H and O–H groups in total. The first-order valence-corrected chi connectivity index (χ1v) is 7.43. The van der Waals surface area contributed by atoms with Crippen LogP contribution in [-0.4, -0.2) is 22.0 Å². The van der Waals surface area contributed by atoms with Gasteiger partial charge >= 0.3 is 6.03 Å². The molecule has 2 amide bonds. The van der Waals surface area contributed by atoms with E-state index < -0.39 is 0 Å². The van der Waals surface area contributed by atoms with E-state index in [1.807, 2.05) is 23.1 Å². The number of para-hydroxylation sites is 1. The lowest BCUT2D eigenvalue weighted by molar-refractivity contribution is 0.183. The number of hydrogen-bond donors (Lipinski definition) is 1. The average molecular weight is 295 g/mol. The van der Waals surface area contributed by atoms with Crippen LogP contribution in [0.25, 0.3) is 10.9 Å². The van der Waals surface area contributed by atoms with Gasteiger partial charge in [-0.25, -0.2) is 4.79 Å². The minimum absolute atomic E-state index is 0.0482. The molecule has 0 fully saturated rings. The van der Waals surface area contributed by atoms with Crippen LogP contribution in [0.15, 0.2) is 53.1 Å². The molecule has 22 heavy (non-hydrogen) atoms. The molecular weight excluding hydrogens is 278 g/mol. The average Bonchev–Trinajstić information content (AvgIpc) is 3.19. The van der Waals surface area contributed by atoms with E-state index in [-0.39, 0.29) is 6.03 Å². The molecule has 5 nitrogen and oxygen atoms in total. The summed E-state index contributed by atoms with van der Waals surface area (Å²) in [5.74, 6) is 0.763. The summed E-state index contributed by atoms with van der Waals surface area (Å²) in [6.07, 6.45) is 1.61. The van der Waals surface area contributed by atoms with Gasteiger partial charge in [0.2, 0.25) is 0 Å². The molecule has 1 aliphatic heterocycles. The molecule has 0 aliphatic carbocycles. The first-order chi connectivity index (χ1) is 10.8. The second-order valence-corrected chi connectivity index (χ2v) is 5.51. The lowest BCUT2D eigenvalue weighted by atomic mass is 10.2. The van der Waals surface area contributed by atoms with Crippen molar-refractivity contribution in [2.45, 2.75) is 19.6 Å². The number of hydrogen-bond acceptors (Lipinski definition) is 2. The standard InChI is InChI=1S/C17H17N3O2/c21-17(18-11-15-5-3-9-22-15)19-7-8-20-14(12-19)10-13-4-1-2-6-16(13)20/h1-6,9-10H,7-8,11-12H2,(H,18,21). The summed E-state index contributed by atoms with van der Waals surface area (Å²) < 4.78 is 7.53. The molecule has 3 heterocycles. The highest BCUT2D eigenvalue weighted by molar-refractivity contribution is 5.82. The number of fused-ring (bicyclic) bond motifs is 3. The van der Waals surface area contributed by atoms with Gasteiger partial charge in [-0.1, -0.05) is 18.2 Å². The maximum absolute atomic E-state index is 12.3.